The van der Waals surface area contributed by atoms with Crippen molar-refractivity contribution in [3.8, 4) is 0 Å². The molecule has 0 bridgehead atoms. The van der Waals surface area contributed by atoms with E-state index < -0.39 is 6.04 Å². The molecule has 0 radical (unpaired) electrons. The molecule has 2 rings (SSSR count). The molecule has 0 fully saturated rings. The lowest BCUT2D eigenvalue weighted by Gasteiger charge is -2.29. The topological polar surface area (TPSA) is 49.4 Å². The van der Waals surface area contributed by atoms with Crippen molar-refractivity contribution in [3.05, 3.63) is 68.1 Å². The van der Waals surface area contributed by atoms with Crippen LogP contribution in [0.25, 0.3) is 0 Å². The number of halogens is 3. The van der Waals surface area contributed by atoms with E-state index in [0.29, 0.717) is 16.6 Å². The summed E-state index contributed by atoms with van der Waals surface area (Å²) in [5.41, 5.74) is 1.96. The lowest BCUT2D eigenvalue weighted by molar-refractivity contribution is -0.138. The molecule has 0 heterocycles. The van der Waals surface area contributed by atoms with Gasteiger partial charge in [-0.15, -0.1) is 11.8 Å². The average Bonchev–Trinajstić information content (AvgIpc) is 2.73. The second-order valence-electron chi connectivity index (χ2n) is 6.86. The Bertz CT molecular complexity index is 865. The highest BCUT2D eigenvalue weighted by molar-refractivity contribution is 9.10. The summed E-state index contributed by atoms with van der Waals surface area (Å²) >= 11 is 17.1. The standard InChI is InChI=1S/C22H25BrCl2N2O2S/c1-3-10-26-22(29)15(2)27(12-17-6-9-19(24)20(25)11-17)21(28)14-30-13-16-4-7-18(23)8-5-16/h4-9,11,15H,3,10,12-14H2,1-2H3,(H,26,29)/t15-/m0/s1. The summed E-state index contributed by atoms with van der Waals surface area (Å²) in [7, 11) is 0. The molecule has 0 spiro atoms. The van der Waals surface area contributed by atoms with Crippen LogP contribution in [0.15, 0.2) is 46.9 Å². The maximum absolute atomic E-state index is 13.0. The summed E-state index contributed by atoms with van der Waals surface area (Å²) in [6.45, 7) is 4.60. The molecule has 4 nitrogen and oxygen atoms in total. The van der Waals surface area contributed by atoms with Gasteiger partial charge in [0.15, 0.2) is 0 Å². The van der Waals surface area contributed by atoms with Crippen LogP contribution in [-0.2, 0) is 21.9 Å². The summed E-state index contributed by atoms with van der Waals surface area (Å²) in [5.74, 6) is 0.740. The first-order valence-electron chi connectivity index (χ1n) is 9.65. The van der Waals surface area contributed by atoms with Gasteiger partial charge in [0, 0.05) is 23.3 Å². The number of carbonyl (C=O) groups excluding carboxylic acids is 2. The number of hydrogen-bond acceptors (Lipinski definition) is 3. The Hall–Kier alpha value is -1.21. The second kappa shape index (κ2) is 12.6. The largest absolute Gasteiger partial charge is 0.354 e. The van der Waals surface area contributed by atoms with E-state index in [-0.39, 0.29) is 24.1 Å². The van der Waals surface area contributed by atoms with Gasteiger partial charge in [0.2, 0.25) is 11.8 Å². The predicted molar refractivity (Wildman–Crippen MR) is 130 cm³/mol. The van der Waals surface area contributed by atoms with Gasteiger partial charge in [-0.05, 0) is 48.7 Å². The molecule has 2 aromatic carbocycles. The monoisotopic (exact) mass is 530 g/mol. The zero-order chi connectivity index (χ0) is 22.1. The Morgan fingerprint density at radius 1 is 1.10 bits per heavy atom. The van der Waals surface area contributed by atoms with Gasteiger partial charge in [-0.25, -0.2) is 0 Å². The highest BCUT2D eigenvalue weighted by Crippen LogP contribution is 2.24. The summed E-state index contributed by atoms with van der Waals surface area (Å²) < 4.78 is 1.02. The number of benzene rings is 2. The van der Waals surface area contributed by atoms with Gasteiger partial charge in [0.1, 0.15) is 6.04 Å². The molecule has 0 saturated heterocycles. The van der Waals surface area contributed by atoms with Crippen molar-refractivity contribution in [2.75, 3.05) is 12.3 Å². The minimum atomic E-state index is -0.591. The van der Waals surface area contributed by atoms with Crippen molar-refractivity contribution in [2.45, 2.75) is 38.6 Å². The third-order valence-corrected chi connectivity index (χ3v) is 6.72. The Morgan fingerprint density at radius 3 is 2.40 bits per heavy atom. The Balaban J connectivity index is 2.07. The van der Waals surface area contributed by atoms with E-state index in [1.54, 1.807) is 24.0 Å². The number of amides is 2. The van der Waals surface area contributed by atoms with Crippen LogP contribution in [0.1, 0.15) is 31.4 Å². The number of carbonyl (C=O) groups is 2. The fraction of sp³-hybridized carbons (Fsp3) is 0.364. The lowest BCUT2D eigenvalue weighted by Crippen LogP contribution is -2.48. The normalized spacial score (nSPS) is 11.8. The zero-order valence-electron chi connectivity index (χ0n) is 17.0. The van der Waals surface area contributed by atoms with Gasteiger partial charge in [0.05, 0.1) is 15.8 Å². The van der Waals surface area contributed by atoms with Gasteiger partial charge < -0.3 is 10.2 Å². The van der Waals surface area contributed by atoms with E-state index in [4.69, 9.17) is 23.2 Å². The molecule has 8 heteroatoms. The smallest absolute Gasteiger partial charge is 0.242 e. The third-order valence-electron chi connectivity index (χ3n) is 4.46. The van der Waals surface area contributed by atoms with Crippen molar-refractivity contribution in [2.24, 2.45) is 0 Å². The fourth-order valence-corrected chi connectivity index (χ4v) is 4.19. The Kier molecular flexibility index (Phi) is 10.5. The van der Waals surface area contributed by atoms with E-state index >= 15 is 0 Å². The first kappa shape index (κ1) is 25.1. The van der Waals surface area contributed by atoms with Gasteiger partial charge in [-0.1, -0.05) is 64.3 Å². The van der Waals surface area contributed by atoms with Crippen LogP contribution in [0, 0.1) is 0 Å². The van der Waals surface area contributed by atoms with Crippen LogP contribution < -0.4 is 5.32 Å². The average molecular weight is 532 g/mol. The van der Waals surface area contributed by atoms with E-state index in [2.05, 4.69) is 21.2 Å². The van der Waals surface area contributed by atoms with Gasteiger partial charge in [-0.2, -0.15) is 0 Å². The summed E-state index contributed by atoms with van der Waals surface area (Å²) in [5, 5.41) is 3.75. The van der Waals surface area contributed by atoms with Crippen molar-refractivity contribution in [1.29, 1.82) is 0 Å². The molecule has 30 heavy (non-hydrogen) atoms. The molecule has 1 atom stereocenters. The molecule has 2 amide bonds. The number of thioether (sulfide) groups is 1. The summed E-state index contributed by atoms with van der Waals surface area (Å²) in [6.07, 6.45) is 0.836. The Labute approximate surface area is 200 Å². The maximum Gasteiger partial charge on any atom is 0.242 e. The molecule has 0 aliphatic carbocycles. The molecule has 0 unspecified atom stereocenters. The van der Waals surface area contributed by atoms with Crippen LogP contribution in [0.5, 0.6) is 0 Å². The summed E-state index contributed by atoms with van der Waals surface area (Å²) in [4.78, 5) is 27.1. The maximum atomic E-state index is 13.0. The lowest BCUT2D eigenvalue weighted by atomic mass is 10.1. The first-order valence-corrected chi connectivity index (χ1v) is 12.4. The molecule has 0 aliphatic heterocycles. The van der Waals surface area contributed by atoms with Crippen LogP contribution in [0.4, 0.5) is 0 Å². The van der Waals surface area contributed by atoms with Crippen molar-refractivity contribution in [3.63, 3.8) is 0 Å². The molecular weight excluding hydrogens is 507 g/mol. The highest BCUT2D eigenvalue weighted by atomic mass is 79.9. The highest BCUT2D eigenvalue weighted by Gasteiger charge is 2.26. The molecule has 0 aliphatic rings. The van der Waals surface area contributed by atoms with E-state index in [1.165, 1.54) is 11.8 Å². The molecule has 1 N–H and O–H groups in total. The van der Waals surface area contributed by atoms with Crippen LogP contribution >= 0.6 is 50.9 Å². The van der Waals surface area contributed by atoms with E-state index in [1.807, 2.05) is 37.3 Å². The van der Waals surface area contributed by atoms with Crippen LogP contribution in [-0.4, -0.2) is 35.1 Å². The van der Waals surface area contributed by atoms with Gasteiger partial charge in [0.25, 0.3) is 0 Å². The predicted octanol–water partition coefficient (Wildman–Crippen LogP) is 5.93. The molecule has 0 aromatic heterocycles. The first-order chi connectivity index (χ1) is 14.3. The minimum absolute atomic E-state index is 0.0951. The van der Waals surface area contributed by atoms with Gasteiger partial charge in [-0.3, -0.25) is 9.59 Å². The summed E-state index contributed by atoms with van der Waals surface area (Å²) in [6, 6.07) is 12.7. The number of rotatable bonds is 10. The second-order valence-corrected chi connectivity index (χ2v) is 9.57. The Morgan fingerprint density at radius 2 is 1.77 bits per heavy atom. The third kappa shape index (κ3) is 7.80. The van der Waals surface area contributed by atoms with E-state index in [0.717, 1.165) is 27.8 Å². The number of hydrogen-bond donors (Lipinski definition) is 1. The zero-order valence-corrected chi connectivity index (χ0v) is 20.9. The fourth-order valence-electron chi connectivity index (χ4n) is 2.73. The molecule has 2 aromatic rings. The van der Waals surface area contributed by atoms with Crippen molar-refractivity contribution >= 4 is 62.7 Å². The quantitative estimate of drug-likeness (QED) is 0.413. The SMILES string of the molecule is CCCNC(=O)[C@H](C)N(Cc1ccc(Cl)c(Cl)c1)C(=O)CSCc1ccc(Br)cc1. The minimum Gasteiger partial charge on any atom is -0.354 e. The molecular formula is C22H25BrCl2N2O2S. The number of nitrogens with zero attached hydrogens (tertiary/aromatic N) is 1. The van der Waals surface area contributed by atoms with E-state index in [9.17, 15) is 9.59 Å². The van der Waals surface area contributed by atoms with Gasteiger partial charge >= 0.3 is 0 Å². The molecule has 0 saturated carbocycles. The molecule has 162 valence electrons. The van der Waals surface area contributed by atoms with Crippen molar-refractivity contribution < 1.29 is 9.59 Å². The number of nitrogens with one attached hydrogen (secondary N) is 1. The van der Waals surface area contributed by atoms with Crippen molar-refractivity contribution in [1.82, 2.24) is 10.2 Å². The van der Waals surface area contributed by atoms with Crippen LogP contribution in [0.2, 0.25) is 10.0 Å². The van der Waals surface area contributed by atoms with Crippen LogP contribution in [0.3, 0.4) is 0 Å².